The van der Waals surface area contributed by atoms with E-state index in [0.717, 1.165) is 0 Å². The van der Waals surface area contributed by atoms with Crippen molar-refractivity contribution in [2.24, 2.45) is 0 Å². The van der Waals surface area contributed by atoms with Crippen molar-refractivity contribution in [2.75, 3.05) is 24.7 Å². The SMILES string of the molecule is Nc1nc2c(ncn2[C@H]2CC[C@@H](COP(O)(=S)OC3C[C@H](c4cnc5c(N)ncnn45)O[C@@H]3COP(=O)(O)S)O2)c(=O)[nH]1. The van der Waals surface area contributed by atoms with Gasteiger partial charge >= 0.3 is 13.5 Å². The lowest BCUT2D eigenvalue weighted by atomic mass is 10.1. The Balaban J connectivity index is 1.11. The molecule has 43 heavy (non-hydrogen) atoms. The fourth-order valence-corrected chi connectivity index (χ4v) is 6.99. The molecule has 232 valence electrons. The third-order valence-electron chi connectivity index (χ3n) is 6.83. The van der Waals surface area contributed by atoms with Crippen molar-refractivity contribution >= 4 is 66.1 Å². The van der Waals surface area contributed by atoms with Crippen LogP contribution in [0.25, 0.3) is 16.8 Å². The molecule has 0 saturated carbocycles. The number of imidazole rings is 2. The number of nitrogens with zero attached hydrogens (tertiary/aromatic N) is 7. The highest BCUT2D eigenvalue weighted by Crippen LogP contribution is 2.52. The number of H-pyrrole nitrogens is 1. The zero-order chi connectivity index (χ0) is 30.5. The Labute approximate surface area is 251 Å². The molecular formula is C20H26N10O9P2S2. The second-order valence-corrected chi connectivity index (χ2v) is 15.3. The topological polar surface area (TPSA) is 262 Å². The Hall–Kier alpha value is -2.55. The molecule has 0 radical (unpaired) electrons. The van der Waals surface area contributed by atoms with Gasteiger partial charge in [-0.05, 0) is 24.6 Å². The van der Waals surface area contributed by atoms with E-state index in [0.29, 0.717) is 24.2 Å². The van der Waals surface area contributed by atoms with Crippen LogP contribution in [0.15, 0.2) is 23.6 Å². The zero-order valence-corrected chi connectivity index (χ0v) is 25.4. The van der Waals surface area contributed by atoms with E-state index in [9.17, 15) is 19.1 Å². The average Bonchev–Trinajstić information content (AvgIpc) is 3.71. The summed E-state index contributed by atoms with van der Waals surface area (Å²) in [5, 5.41) is 4.16. The van der Waals surface area contributed by atoms with Gasteiger partial charge in [0.2, 0.25) is 5.95 Å². The summed E-state index contributed by atoms with van der Waals surface area (Å²) in [5.41, 5.74) is 12.3. The van der Waals surface area contributed by atoms with Crippen LogP contribution in [0.4, 0.5) is 11.8 Å². The number of aromatic amines is 1. The molecule has 4 aromatic heterocycles. The predicted molar refractivity (Wildman–Crippen MR) is 155 cm³/mol. The lowest BCUT2D eigenvalue weighted by Gasteiger charge is -2.24. The van der Waals surface area contributed by atoms with Crippen LogP contribution in [-0.2, 0) is 39.4 Å². The molecule has 0 aliphatic carbocycles. The standard InChI is InChI=1S/C20H26N10O9P2S2/c21-16-18-23-4-10(30(18)26-7-24-16)11-3-12(13(38-11)6-35-40(32,33)42)39-41(34,43)36-5-9-1-2-14(37-9)29-8-25-15-17(29)27-20(22)28-19(15)31/h4,7-9,11-14H,1-3,5-6H2,(H,34,43)(H2,21,24,26)(H2,32,33,42)(H3,22,27,28,31)/t9-,11+,12?,13+,14+,41?/m0/s1. The number of hydrogen-bond acceptors (Lipinski definition) is 15. The van der Waals surface area contributed by atoms with Crippen LogP contribution in [0.3, 0.4) is 0 Å². The summed E-state index contributed by atoms with van der Waals surface area (Å²) in [6.07, 6.45) is 1.92. The van der Waals surface area contributed by atoms with E-state index in [1.54, 1.807) is 4.57 Å². The minimum atomic E-state index is -4.16. The van der Waals surface area contributed by atoms with Gasteiger partial charge in [-0.25, -0.2) is 24.0 Å². The second-order valence-electron chi connectivity index (χ2n) is 9.72. The minimum Gasteiger partial charge on any atom is -0.381 e. The normalized spacial score (nSPS) is 27.1. The van der Waals surface area contributed by atoms with Gasteiger partial charge in [-0.2, -0.15) is 10.1 Å². The molecule has 2 aliphatic rings. The first-order chi connectivity index (χ1) is 20.4. The van der Waals surface area contributed by atoms with Gasteiger partial charge in [0.15, 0.2) is 22.6 Å². The van der Waals surface area contributed by atoms with Crippen molar-refractivity contribution in [1.82, 2.24) is 39.1 Å². The molecule has 2 saturated heterocycles. The Bertz CT molecular complexity index is 1810. The monoisotopic (exact) mass is 676 g/mol. The van der Waals surface area contributed by atoms with Crippen LogP contribution in [0.5, 0.6) is 0 Å². The van der Waals surface area contributed by atoms with Crippen molar-refractivity contribution in [3.63, 3.8) is 0 Å². The van der Waals surface area contributed by atoms with Crippen molar-refractivity contribution in [1.29, 1.82) is 0 Å². The number of rotatable bonds is 10. The van der Waals surface area contributed by atoms with E-state index in [2.05, 4.69) is 42.3 Å². The fraction of sp³-hybridized carbons (Fsp3) is 0.500. The Kier molecular flexibility index (Phi) is 8.33. The molecule has 7 atom stereocenters. The van der Waals surface area contributed by atoms with E-state index >= 15 is 0 Å². The molecule has 3 unspecified atom stereocenters. The van der Waals surface area contributed by atoms with Crippen LogP contribution < -0.4 is 17.0 Å². The summed E-state index contributed by atoms with van der Waals surface area (Å²) in [7, 11) is 0. The number of hydrogen-bond donors (Lipinski definition) is 6. The Morgan fingerprint density at radius 1 is 1.16 bits per heavy atom. The van der Waals surface area contributed by atoms with E-state index in [-0.39, 0.29) is 36.0 Å². The maximum atomic E-state index is 12.1. The lowest BCUT2D eigenvalue weighted by Crippen LogP contribution is -2.28. The number of aromatic nitrogens is 8. The smallest absolute Gasteiger partial charge is 0.381 e. The number of ether oxygens (including phenoxy) is 2. The summed E-state index contributed by atoms with van der Waals surface area (Å²) < 4.78 is 43.2. The van der Waals surface area contributed by atoms with Gasteiger partial charge in [0.25, 0.3) is 5.56 Å². The van der Waals surface area contributed by atoms with Gasteiger partial charge in [-0.15, -0.1) is 0 Å². The van der Waals surface area contributed by atoms with Gasteiger partial charge in [0.1, 0.15) is 24.8 Å². The predicted octanol–water partition coefficient (Wildman–Crippen LogP) is 0.595. The van der Waals surface area contributed by atoms with Gasteiger partial charge in [-0.1, -0.05) is 12.2 Å². The van der Waals surface area contributed by atoms with Crippen LogP contribution in [0.1, 0.15) is 37.3 Å². The molecule has 6 heterocycles. The molecular weight excluding hydrogens is 650 g/mol. The first-order valence-electron chi connectivity index (χ1n) is 12.7. The minimum absolute atomic E-state index is 0.0490. The number of nitrogen functional groups attached to an aromatic ring is 2. The van der Waals surface area contributed by atoms with Crippen LogP contribution in [-0.4, -0.2) is 80.4 Å². The van der Waals surface area contributed by atoms with E-state index in [1.165, 1.54) is 23.4 Å². The summed E-state index contributed by atoms with van der Waals surface area (Å²) in [5.74, 6) is 0.112. The number of nitrogens with two attached hydrogens (primary N) is 2. The molecule has 23 heteroatoms. The van der Waals surface area contributed by atoms with Crippen LogP contribution >= 0.6 is 25.8 Å². The van der Waals surface area contributed by atoms with E-state index in [1.807, 2.05) is 0 Å². The third kappa shape index (κ3) is 6.62. The van der Waals surface area contributed by atoms with Crippen LogP contribution in [0, 0.1) is 0 Å². The number of fused-ring (bicyclic) bond motifs is 2. The molecule has 0 spiro atoms. The molecule has 6 rings (SSSR count). The molecule has 7 N–H and O–H groups in total. The van der Waals surface area contributed by atoms with Gasteiger partial charge in [0, 0.05) is 6.42 Å². The highest BCUT2D eigenvalue weighted by Gasteiger charge is 2.42. The van der Waals surface area contributed by atoms with Crippen molar-refractivity contribution in [3.8, 4) is 0 Å². The summed E-state index contributed by atoms with van der Waals surface area (Å²) >= 11 is 8.82. The Morgan fingerprint density at radius 2 is 1.98 bits per heavy atom. The average molecular weight is 677 g/mol. The quantitative estimate of drug-likeness (QED) is 0.0991. The summed E-state index contributed by atoms with van der Waals surface area (Å²) in [4.78, 5) is 51.3. The first-order valence-corrected chi connectivity index (χ1v) is 18.0. The highest BCUT2D eigenvalue weighted by molar-refractivity contribution is 8.44. The van der Waals surface area contributed by atoms with Crippen molar-refractivity contribution in [2.45, 2.75) is 49.9 Å². The van der Waals surface area contributed by atoms with Gasteiger partial charge in [0.05, 0.1) is 43.6 Å². The molecule has 0 bridgehead atoms. The fourth-order valence-electron chi connectivity index (χ4n) is 4.95. The van der Waals surface area contributed by atoms with E-state index < -0.39 is 56.3 Å². The molecule has 0 aromatic carbocycles. The molecule has 0 amide bonds. The van der Waals surface area contributed by atoms with Crippen molar-refractivity contribution < 1.29 is 37.4 Å². The summed E-state index contributed by atoms with van der Waals surface area (Å²) in [6, 6.07) is 0. The maximum absolute atomic E-state index is 12.1. The zero-order valence-electron chi connectivity index (χ0n) is 21.9. The largest absolute Gasteiger partial charge is 0.383 e. The number of nitrogens with one attached hydrogen (secondary N) is 1. The lowest BCUT2D eigenvalue weighted by molar-refractivity contribution is -0.0293. The third-order valence-corrected chi connectivity index (χ3v) is 9.25. The molecule has 2 aliphatic heterocycles. The highest BCUT2D eigenvalue weighted by atomic mass is 32.7. The van der Waals surface area contributed by atoms with Crippen molar-refractivity contribution in [3.05, 3.63) is 34.9 Å². The molecule has 19 nitrogen and oxygen atoms in total. The van der Waals surface area contributed by atoms with Crippen LogP contribution in [0.2, 0.25) is 0 Å². The molecule has 2 fully saturated rings. The van der Waals surface area contributed by atoms with Gasteiger partial charge in [-0.3, -0.25) is 18.9 Å². The first kappa shape index (κ1) is 30.5. The second kappa shape index (κ2) is 11.8. The van der Waals surface area contributed by atoms with E-state index in [4.69, 9.17) is 46.3 Å². The van der Waals surface area contributed by atoms with Gasteiger partial charge < -0.3 is 39.8 Å². The Morgan fingerprint density at radius 3 is 2.77 bits per heavy atom. The molecule has 4 aromatic rings. The summed E-state index contributed by atoms with van der Waals surface area (Å²) in [6.45, 7) is -8.53. The number of thiol groups is 1. The maximum Gasteiger partial charge on any atom is 0.383 e. The number of anilines is 2.